The number of hydrogen-bond acceptors (Lipinski definition) is 3. The van der Waals surface area contributed by atoms with Crippen LogP contribution in [0.1, 0.15) is 12.6 Å². The molecular weight excluding hydrogens is 269 g/mol. The Morgan fingerprint density at radius 1 is 1.24 bits per heavy atom. The molecule has 0 saturated heterocycles. The molecule has 0 bridgehead atoms. The molecule has 2 N–H and O–H groups in total. The third kappa shape index (κ3) is 2.25. The average molecular weight is 285 g/mol. The minimum Gasteiger partial charge on any atom is -0.493 e. The summed E-state index contributed by atoms with van der Waals surface area (Å²) in [4.78, 5) is 4.42. The van der Waals surface area contributed by atoms with Gasteiger partial charge in [-0.2, -0.15) is 0 Å². The zero-order valence-electron chi connectivity index (χ0n) is 11.7. The van der Waals surface area contributed by atoms with Crippen LogP contribution in [-0.2, 0) is 6.54 Å². The van der Waals surface area contributed by atoms with E-state index in [1.165, 1.54) is 6.07 Å². The molecule has 108 valence electrons. The van der Waals surface area contributed by atoms with Crippen LogP contribution in [0.5, 0.6) is 5.75 Å². The largest absolute Gasteiger partial charge is 0.493 e. The highest BCUT2D eigenvalue weighted by atomic mass is 19.1. The maximum Gasteiger partial charge on any atom is 0.174 e. The van der Waals surface area contributed by atoms with Crippen molar-refractivity contribution in [2.24, 2.45) is 5.73 Å². The maximum atomic E-state index is 13.9. The normalized spacial score (nSPS) is 11.0. The van der Waals surface area contributed by atoms with Gasteiger partial charge in [-0.3, -0.25) is 4.40 Å². The fraction of sp³-hybridized carbons (Fsp3) is 0.188. The number of rotatable bonds is 4. The lowest BCUT2D eigenvalue weighted by molar-refractivity contribution is 0.341. The number of fused-ring (bicyclic) bond motifs is 1. The molecular formula is C16H16FN3O. The summed E-state index contributed by atoms with van der Waals surface area (Å²) in [6.07, 6.45) is 1.76. The number of hydrogen-bond donors (Lipinski definition) is 1. The molecule has 21 heavy (non-hydrogen) atoms. The zero-order chi connectivity index (χ0) is 14.8. The number of pyridine rings is 1. The van der Waals surface area contributed by atoms with E-state index in [1.807, 2.05) is 31.2 Å². The van der Waals surface area contributed by atoms with Crippen molar-refractivity contribution in [1.29, 1.82) is 0 Å². The van der Waals surface area contributed by atoms with Crippen molar-refractivity contribution in [3.63, 3.8) is 0 Å². The molecule has 4 nitrogen and oxygen atoms in total. The second kappa shape index (κ2) is 5.54. The van der Waals surface area contributed by atoms with E-state index in [0.29, 0.717) is 12.3 Å². The maximum absolute atomic E-state index is 13.9. The molecule has 2 aromatic heterocycles. The Morgan fingerprint density at radius 3 is 2.81 bits per heavy atom. The summed E-state index contributed by atoms with van der Waals surface area (Å²) >= 11 is 0. The number of halogens is 1. The molecule has 0 aliphatic rings. The van der Waals surface area contributed by atoms with Crippen LogP contribution >= 0.6 is 0 Å². The first-order chi connectivity index (χ1) is 10.3. The Balaban J connectivity index is 2.28. The monoisotopic (exact) mass is 285 g/mol. The van der Waals surface area contributed by atoms with Gasteiger partial charge in [0.1, 0.15) is 5.75 Å². The van der Waals surface area contributed by atoms with Gasteiger partial charge >= 0.3 is 0 Å². The summed E-state index contributed by atoms with van der Waals surface area (Å²) in [6.45, 7) is 2.74. The number of benzene rings is 1. The third-order valence-corrected chi connectivity index (χ3v) is 3.34. The van der Waals surface area contributed by atoms with E-state index in [0.717, 1.165) is 17.0 Å². The standard InChI is InChI=1S/C16H16FN3O/c1-2-21-14-8-4-3-6-11(14)15-13(10-18)20-9-5-7-12(17)16(20)19-15/h3-9H,2,10,18H2,1H3. The molecule has 5 heteroatoms. The number of para-hydroxylation sites is 1. The van der Waals surface area contributed by atoms with Gasteiger partial charge in [-0.15, -0.1) is 0 Å². The van der Waals surface area contributed by atoms with Crippen molar-refractivity contribution >= 4 is 5.65 Å². The van der Waals surface area contributed by atoms with Gasteiger partial charge in [-0.05, 0) is 31.2 Å². The second-order valence-electron chi connectivity index (χ2n) is 4.59. The topological polar surface area (TPSA) is 52.5 Å². The minimum atomic E-state index is -0.368. The van der Waals surface area contributed by atoms with Crippen molar-refractivity contribution in [3.05, 3.63) is 54.1 Å². The predicted molar refractivity (Wildman–Crippen MR) is 79.6 cm³/mol. The lowest BCUT2D eigenvalue weighted by atomic mass is 10.1. The molecule has 3 aromatic rings. The first-order valence-electron chi connectivity index (χ1n) is 6.84. The first kappa shape index (κ1) is 13.6. The molecule has 0 aliphatic carbocycles. The Kier molecular flexibility index (Phi) is 3.58. The van der Waals surface area contributed by atoms with Gasteiger partial charge in [0.05, 0.1) is 18.0 Å². The summed E-state index contributed by atoms with van der Waals surface area (Å²) in [7, 11) is 0. The van der Waals surface area contributed by atoms with Crippen LogP contribution < -0.4 is 10.5 Å². The van der Waals surface area contributed by atoms with Crippen LogP contribution in [0.3, 0.4) is 0 Å². The summed E-state index contributed by atoms with van der Waals surface area (Å²) in [6, 6.07) is 10.6. The fourth-order valence-electron chi connectivity index (χ4n) is 2.44. The smallest absolute Gasteiger partial charge is 0.174 e. The van der Waals surface area contributed by atoms with Crippen molar-refractivity contribution in [2.45, 2.75) is 13.5 Å². The van der Waals surface area contributed by atoms with E-state index in [1.54, 1.807) is 16.7 Å². The molecule has 0 unspecified atom stereocenters. The molecule has 2 heterocycles. The molecule has 0 atom stereocenters. The minimum absolute atomic E-state index is 0.264. The molecule has 0 amide bonds. The van der Waals surface area contributed by atoms with Gasteiger partial charge in [0, 0.05) is 18.3 Å². The molecule has 1 aromatic carbocycles. The zero-order valence-corrected chi connectivity index (χ0v) is 11.7. The number of imidazole rings is 1. The molecule has 0 spiro atoms. The van der Waals surface area contributed by atoms with Crippen LogP contribution in [0.2, 0.25) is 0 Å². The third-order valence-electron chi connectivity index (χ3n) is 3.34. The summed E-state index contributed by atoms with van der Waals surface area (Å²) in [5, 5.41) is 0. The molecule has 0 aliphatic heterocycles. The molecule has 0 fully saturated rings. The lowest BCUT2D eigenvalue weighted by Crippen LogP contribution is -2.03. The Bertz CT molecular complexity index is 782. The van der Waals surface area contributed by atoms with E-state index in [4.69, 9.17) is 10.5 Å². The van der Waals surface area contributed by atoms with Gasteiger partial charge < -0.3 is 10.5 Å². The van der Waals surface area contributed by atoms with Crippen molar-refractivity contribution < 1.29 is 9.13 Å². The summed E-state index contributed by atoms with van der Waals surface area (Å²) < 4.78 is 21.2. The molecule has 3 rings (SSSR count). The van der Waals surface area contributed by atoms with Gasteiger partial charge in [-0.1, -0.05) is 12.1 Å². The number of nitrogens with zero attached hydrogens (tertiary/aromatic N) is 2. The highest BCUT2D eigenvalue weighted by Gasteiger charge is 2.17. The van der Waals surface area contributed by atoms with Gasteiger partial charge in [0.25, 0.3) is 0 Å². The van der Waals surface area contributed by atoms with Crippen LogP contribution in [0.15, 0.2) is 42.6 Å². The first-order valence-corrected chi connectivity index (χ1v) is 6.84. The Labute approximate surface area is 122 Å². The quantitative estimate of drug-likeness (QED) is 0.801. The van der Waals surface area contributed by atoms with E-state index >= 15 is 0 Å². The SMILES string of the molecule is CCOc1ccccc1-c1nc2c(F)cccn2c1CN. The van der Waals surface area contributed by atoms with Crippen LogP contribution in [-0.4, -0.2) is 16.0 Å². The summed E-state index contributed by atoms with van der Waals surface area (Å²) in [5.41, 5.74) is 8.37. The van der Waals surface area contributed by atoms with Crippen LogP contribution in [0.25, 0.3) is 16.9 Å². The van der Waals surface area contributed by atoms with Crippen molar-refractivity contribution in [1.82, 2.24) is 9.38 Å². The van der Waals surface area contributed by atoms with Crippen LogP contribution in [0, 0.1) is 5.82 Å². The van der Waals surface area contributed by atoms with Gasteiger partial charge in [0.15, 0.2) is 11.5 Å². The lowest BCUT2D eigenvalue weighted by Gasteiger charge is -2.09. The number of nitrogens with two attached hydrogens (primary N) is 1. The average Bonchev–Trinajstić information content (AvgIpc) is 2.88. The molecule has 0 saturated carbocycles. The highest BCUT2D eigenvalue weighted by Crippen LogP contribution is 2.32. The summed E-state index contributed by atoms with van der Waals surface area (Å²) in [5.74, 6) is 0.353. The van der Waals surface area contributed by atoms with E-state index in [2.05, 4.69) is 4.98 Å². The number of aromatic nitrogens is 2. The predicted octanol–water partition coefficient (Wildman–Crippen LogP) is 3.00. The van der Waals surface area contributed by atoms with E-state index in [9.17, 15) is 4.39 Å². The molecule has 0 radical (unpaired) electrons. The van der Waals surface area contributed by atoms with Crippen molar-refractivity contribution in [3.8, 4) is 17.0 Å². The van der Waals surface area contributed by atoms with E-state index < -0.39 is 0 Å². The van der Waals surface area contributed by atoms with Crippen LogP contribution in [0.4, 0.5) is 4.39 Å². The fourth-order valence-corrected chi connectivity index (χ4v) is 2.44. The van der Waals surface area contributed by atoms with E-state index in [-0.39, 0.29) is 18.0 Å². The second-order valence-corrected chi connectivity index (χ2v) is 4.59. The Hall–Kier alpha value is -2.40. The van der Waals surface area contributed by atoms with Gasteiger partial charge in [0.2, 0.25) is 0 Å². The van der Waals surface area contributed by atoms with Gasteiger partial charge in [-0.25, -0.2) is 9.37 Å². The highest BCUT2D eigenvalue weighted by molar-refractivity contribution is 5.72. The van der Waals surface area contributed by atoms with Crippen molar-refractivity contribution in [2.75, 3.05) is 6.61 Å². The number of ether oxygens (including phenoxy) is 1. The Morgan fingerprint density at radius 2 is 2.05 bits per heavy atom.